The molecular formula is C28H36F2N4O6S. The molecular weight excluding hydrogens is 558 g/mol. The smallest absolute Gasteiger partial charge is 0.304 e. The van der Waals surface area contributed by atoms with Gasteiger partial charge in [0, 0.05) is 26.2 Å². The lowest BCUT2D eigenvalue weighted by molar-refractivity contribution is -0.0838. The number of ether oxygens (including phenoxy) is 3. The lowest BCUT2D eigenvalue weighted by Gasteiger charge is -2.40. The highest BCUT2D eigenvalue weighted by Gasteiger charge is 2.39. The van der Waals surface area contributed by atoms with Crippen LogP contribution < -0.4 is 14.2 Å². The second kappa shape index (κ2) is 12.6. The number of piperidine rings is 1. The van der Waals surface area contributed by atoms with Crippen molar-refractivity contribution in [1.29, 1.82) is 0 Å². The molecule has 1 aromatic heterocycles. The van der Waals surface area contributed by atoms with Crippen LogP contribution in [0.1, 0.15) is 61.2 Å². The number of hydrogen-bond donors (Lipinski definition) is 1. The Hall–Kier alpha value is -2.87. The topological polar surface area (TPSA) is 110 Å². The molecule has 2 saturated heterocycles. The van der Waals surface area contributed by atoms with Crippen molar-refractivity contribution in [3.05, 3.63) is 53.4 Å². The normalized spacial score (nSPS) is 19.9. The second-order valence-corrected chi connectivity index (χ2v) is 12.6. The van der Waals surface area contributed by atoms with Crippen LogP contribution in [0.3, 0.4) is 0 Å². The van der Waals surface area contributed by atoms with E-state index >= 15 is 0 Å². The Kier molecular flexibility index (Phi) is 9.07. The molecule has 10 nitrogen and oxygen atoms in total. The third kappa shape index (κ3) is 7.32. The Morgan fingerprint density at radius 1 is 1.07 bits per heavy atom. The van der Waals surface area contributed by atoms with E-state index in [1.165, 1.54) is 12.8 Å². The fraction of sp³-hybridized carbons (Fsp3) is 0.571. The number of hydrogen-bond acceptors (Lipinski definition) is 8. The molecule has 1 N–H and O–H groups in total. The fourth-order valence-electron chi connectivity index (χ4n) is 4.78. The van der Waals surface area contributed by atoms with Gasteiger partial charge in [0.2, 0.25) is 5.82 Å². The van der Waals surface area contributed by atoms with Crippen molar-refractivity contribution in [1.82, 2.24) is 18.9 Å². The summed E-state index contributed by atoms with van der Waals surface area (Å²) in [6, 6.07) is 5.56. The molecule has 1 aliphatic carbocycles. The van der Waals surface area contributed by atoms with Gasteiger partial charge in [0.15, 0.2) is 11.6 Å². The van der Waals surface area contributed by atoms with E-state index in [-0.39, 0.29) is 25.3 Å². The molecule has 2 aliphatic heterocycles. The minimum atomic E-state index is -4.25. The second-order valence-electron chi connectivity index (χ2n) is 10.9. The average molecular weight is 595 g/mol. The van der Waals surface area contributed by atoms with E-state index in [2.05, 4.69) is 9.88 Å². The summed E-state index contributed by atoms with van der Waals surface area (Å²) in [5.74, 6) is -3.37. The van der Waals surface area contributed by atoms with Gasteiger partial charge in [-0.2, -0.15) is 17.1 Å². The minimum absolute atomic E-state index is 0.0712. The van der Waals surface area contributed by atoms with Crippen molar-refractivity contribution < 1.29 is 36.2 Å². The molecule has 1 amide bonds. The monoisotopic (exact) mass is 594 g/mol. The molecule has 0 unspecified atom stereocenters. The Bertz CT molecular complexity index is 1330. The van der Waals surface area contributed by atoms with E-state index in [1.54, 1.807) is 18.3 Å². The van der Waals surface area contributed by atoms with Gasteiger partial charge < -0.3 is 19.1 Å². The number of nitrogens with one attached hydrogen (secondary N) is 1. The number of likely N-dealkylation sites (tertiary alicyclic amines) is 1. The molecule has 1 atom stereocenters. The Morgan fingerprint density at radius 3 is 2.44 bits per heavy atom. The maximum absolute atomic E-state index is 14.9. The quantitative estimate of drug-likeness (QED) is 0.398. The van der Waals surface area contributed by atoms with Gasteiger partial charge in [0.25, 0.3) is 5.91 Å². The highest BCUT2D eigenvalue weighted by atomic mass is 32.2. The van der Waals surface area contributed by atoms with E-state index in [0.717, 1.165) is 42.4 Å². The van der Waals surface area contributed by atoms with Crippen molar-refractivity contribution in [3.8, 4) is 11.5 Å². The highest BCUT2D eigenvalue weighted by Crippen LogP contribution is 2.31. The number of rotatable bonds is 12. The Morgan fingerprint density at radius 2 is 1.80 bits per heavy atom. The number of halogens is 2. The third-order valence-corrected chi connectivity index (χ3v) is 9.05. The van der Waals surface area contributed by atoms with Crippen molar-refractivity contribution in [2.24, 2.45) is 5.92 Å². The molecule has 3 heterocycles. The zero-order valence-electron chi connectivity index (χ0n) is 23.2. The van der Waals surface area contributed by atoms with Crippen LogP contribution in [-0.4, -0.2) is 80.6 Å². The first-order valence-corrected chi connectivity index (χ1v) is 15.5. The number of pyridine rings is 1. The van der Waals surface area contributed by atoms with Crippen LogP contribution in [-0.2, 0) is 14.9 Å². The first kappa shape index (κ1) is 29.6. The summed E-state index contributed by atoms with van der Waals surface area (Å²) in [5.41, 5.74) is -0.243. The molecule has 41 heavy (non-hydrogen) atoms. The molecule has 1 saturated carbocycles. The van der Waals surface area contributed by atoms with Crippen LogP contribution in [0.4, 0.5) is 8.78 Å². The molecule has 5 rings (SSSR count). The minimum Gasteiger partial charge on any atom is -0.492 e. The van der Waals surface area contributed by atoms with Crippen molar-refractivity contribution >= 4 is 16.1 Å². The van der Waals surface area contributed by atoms with Crippen LogP contribution >= 0.6 is 0 Å². The predicted molar refractivity (Wildman–Crippen MR) is 146 cm³/mol. The van der Waals surface area contributed by atoms with Gasteiger partial charge in [-0.05, 0) is 69.3 Å². The summed E-state index contributed by atoms with van der Waals surface area (Å²) in [4.78, 5) is 19.2. The third-order valence-electron chi connectivity index (χ3n) is 7.63. The Labute approximate surface area is 239 Å². The van der Waals surface area contributed by atoms with Crippen LogP contribution in [0.5, 0.6) is 11.5 Å². The molecule has 0 radical (unpaired) electrons. The largest absolute Gasteiger partial charge is 0.492 e. The average Bonchev–Trinajstić information content (AvgIpc) is 3.76. The van der Waals surface area contributed by atoms with Gasteiger partial charge in [-0.15, -0.1) is 0 Å². The van der Waals surface area contributed by atoms with E-state index < -0.39 is 45.2 Å². The maximum atomic E-state index is 14.9. The number of aromatic nitrogens is 1. The first-order chi connectivity index (χ1) is 19.6. The molecule has 2 aromatic rings. The lowest BCUT2D eigenvalue weighted by Crippen LogP contribution is -2.59. The van der Waals surface area contributed by atoms with Gasteiger partial charge in [-0.1, -0.05) is 6.92 Å². The number of benzene rings is 1. The number of amides is 1. The standard InChI is InChI=1S/C28H36F2N4O6S/c1-3-24(23-8-6-20(14-31-23)38-17-18-4-5-18)40-25-9-7-22(26(29)27(25)30)28(35)32-41(36,37)34-15-21(16-34)39-19-10-12-33(2)13-11-19/h6-9,14,18-19,21,24H,3-5,10-13,15-17H2,1-2H3,(H,32,35)/t24-/m1/s1. The van der Waals surface area contributed by atoms with E-state index in [0.29, 0.717) is 30.4 Å². The van der Waals surface area contributed by atoms with Crippen LogP contribution in [0, 0.1) is 17.6 Å². The first-order valence-electron chi connectivity index (χ1n) is 14.0. The van der Waals surface area contributed by atoms with Crippen LogP contribution in [0.15, 0.2) is 30.5 Å². The predicted octanol–water partition coefficient (Wildman–Crippen LogP) is 3.45. The van der Waals surface area contributed by atoms with Gasteiger partial charge in [0.1, 0.15) is 11.9 Å². The lowest BCUT2D eigenvalue weighted by atomic mass is 10.1. The number of carbonyl (C=O) groups is 1. The van der Waals surface area contributed by atoms with Gasteiger partial charge in [0.05, 0.1) is 36.3 Å². The number of nitrogens with zero attached hydrogens (tertiary/aromatic N) is 3. The zero-order chi connectivity index (χ0) is 29.1. The molecule has 3 aliphatic rings. The van der Waals surface area contributed by atoms with E-state index in [9.17, 15) is 22.0 Å². The van der Waals surface area contributed by atoms with Gasteiger partial charge in [-0.25, -0.2) is 9.11 Å². The Balaban J connectivity index is 1.16. The molecule has 13 heteroatoms. The summed E-state index contributed by atoms with van der Waals surface area (Å²) in [7, 11) is -2.22. The summed E-state index contributed by atoms with van der Waals surface area (Å²) in [6.07, 6.45) is 5.18. The molecule has 224 valence electrons. The molecule has 1 aromatic carbocycles. The van der Waals surface area contributed by atoms with E-state index in [1.807, 2.05) is 18.7 Å². The SMILES string of the molecule is CC[C@@H](Oc1ccc(C(=O)NS(=O)(=O)N2CC(OC3CCN(C)CC3)C2)c(F)c1F)c1ccc(OCC2CC2)cn1. The molecule has 3 fully saturated rings. The van der Waals surface area contributed by atoms with Gasteiger partial charge in [-0.3, -0.25) is 9.78 Å². The zero-order valence-corrected chi connectivity index (χ0v) is 24.0. The maximum Gasteiger partial charge on any atom is 0.304 e. The van der Waals surface area contributed by atoms with Gasteiger partial charge >= 0.3 is 10.2 Å². The summed E-state index contributed by atoms with van der Waals surface area (Å²) in [5, 5.41) is 0. The fourth-order valence-corrected chi connectivity index (χ4v) is 5.98. The van der Waals surface area contributed by atoms with Crippen molar-refractivity contribution in [2.75, 3.05) is 39.8 Å². The number of carbonyl (C=O) groups excluding carboxylic acids is 1. The van der Waals surface area contributed by atoms with Crippen molar-refractivity contribution in [3.63, 3.8) is 0 Å². The van der Waals surface area contributed by atoms with Crippen molar-refractivity contribution in [2.45, 2.75) is 57.3 Å². The summed E-state index contributed by atoms with van der Waals surface area (Å²) >= 11 is 0. The van der Waals surface area contributed by atoms with E-state index in [4.69, 9.17) is 14.2 Å². The summed E-state index contributed by atoms with van der Waals surface area (Å²) in [6.45, 7) is 4.45. The molecule has 0 spiro atoms. The molecule has 0 bridgehead atoms. The summed E-state index contributed by atoms with van der Waals surface area (Å²) < 4.78 is 75.4. The van der Waals surface area contributed by atoms with Crippen LogP contribution in [0.25, 0.3) is 0 Å². The highest BCUT2D eigenvalue weighted by molar-refractivity contribution is 7.87. The van der Waals surface area contributed by atoms with Crippen LogP contribution in [0.2, 0.25) is 0 Å².